The molecule has 0 atom stereocenters. The number of carbonyl (C=O) groups is 1. The third-order valence-electron chi connectivity index (χ3n) is 3.39. The SMILES string of the molecule is CCN(CC)C(=O)Oc1ccccc1-c1ccccc1[O][Ti].Cl. The van der Waals surface area contributed by atoms with Crippen LogP contribution in [0.2, 0.25) is 0 Å². The van der Waals surface area contributed by atoms with E-state index in [1.807, 2.05) is 56.3 Å². The Kier molecular flexibility index (Phi) is 8.17. The Morgan fingerprint density at radius 2 is 1.43 bits per heavy atom. The van der Waals surface area contributed by atoms with Crippen molar-refractivity contribution in [1.29, 1.82) is 0 Å². The molecule has 0 radical (unpaired) electrons. The molecule has 0 aliphatic rings. The van der Waals surface area contributed by atoms with Crippen LogP contribution in [0.25, 0.3) is 11.1 Å². The van der Waals surface area contributed by atoms with Crippen molar-refractivity contribution in [2.45, 2.75) is 13.8 Å². The minimum Gasteiger partial charge on any atom is -0.147 e. The van der Waals surface area contributed by atoms with Gasteiger partial charge in [-0.05, 0) is 0 Å². The van der Waals surface area contributed by atoms with Crippen LogP contribution in [-0.2, 0) is 20.8 Å². The molecule has 0 aromatic heterocycles. The second kappa shape index (κ2) is 9.61. The van der Waals surface area contributed by atoms with Gasteiger partial charge in [-0.2, -0.15) is 0 Å². The zero-order valence-corrected chi connectivity index (χ0v) is 15.5. The summed E-state index contributed by atoms with van der Waals surface area (Å²) in [6.45, 7) is 5.09. The molecule has 2 aromatic rings. The van der Waals surface area contributed by atoms with E-state index < -0.39 is 0 Å². The van der Waals surface area contributed by atoms with E-state index in [1.54, 1.807) is 31.8 Å². The fourth-order valence-corrected chi connectivity index (χ4v) is 2.47. The number of hydrogen-bond acceptors (Lipinski definition) is 3. The second-order valence-corrected chi connectivity index (χ2v) is 4.95. The molecule has 0 saturated heterocycles. The van der Waals surface area contributed by atoms with E-state index in [-0.39, 0.29) is 18.5 Å². The molecule has 0 unspecified atom stereocenters. The van der Waals surface area contributed by atoms with Gasteiger partial charge in [-0.15, -0.1) is 12.4 Å². The average Bonchev–Trinajstić information content (AvgIpc) is 2.56. The Bertz CT molecular complexity index is 647. The first-order valence-electron chi connectivity index (χ1n) is 7.20. The molecule has 0 spiro atoms. The molecule has 0 bridgehead atoms. The van der Waals surface area contributed by atoms with Crippen LogP contribution in [0.5, 0.6) is 11.5 Å². The molecule has 2 aromatic carbocycles. The summed E-state index contributed by atoms with van der Waals surface area (Å²) in [5.74, 6) is 1.28. The maximum atomic E-state index is 12.2. The number of hydrogen-bond donors (Lipinski definition) is 0. The molecule has 121 valence electrons. The summed E-state index contributed by atoms with van der Waals surface area (Å²) in [6, 6.07) is 15.2. The van der Waals surface area contributed by atoms with Gasteiger partial charge in [0.1, 0.15) is 0 Å². The van der Waals surface area contributed by atoms with Gasteiger partial charge < -0.3 is 0 Å². The summed E-state index contributed by atoms with van der Waals surface area (Å²) < 4.78 is 11.0. The molecule has 23 heavy (non-hydrogen) atoms. The predicted octanol–water partition coefficient (Wildman–Crippen LogP) is 4.46. The Labute approximate surface area is 155 Å². The van der Waals surface area contributed by atoms with Crippen LogP contribution in [-0.4, -0.2) is 24.1 Å². The topological polar surface area (TPSA) is 38.8 Å². The second-order valence-electron chi connectivity index (χ2n) is 4.63. The van der Waals surface area contributed by atoms with Crippen LogP contribution < -0.4 is 8.06 Å². The van der Waals surface area contributed by atoms with Crippen molar-refractivity contribution in [2.75, 3.05) is 13.1 Å². The number of carbonyl (C=O) groups excluding carboxylic acids is 1. The quantitative estimate of drug-likeness (QED) is 0.732. The molecule has 1 amide bonds. The number of halogens is 1. The first-order valence-corrected chi connectivity index (χ1v) is 7.83. The molecular formula is C17H19ClNO3Ti. The fraction of sp³-hybridized carbons (Fsp3) is 0.235. The van der Waals surface area contributed by atoms with Gasteiger partial charge in [-0.25, -0.2) is 0 Å². The third-order valence-corrected chi connectivity index (χ3v) is 3.74. The number of para-hydroxylation sites is 2. The van der Waals surface area contributed by atoms with E-state index in [0.29, 0.717) is 18.8 Å². The molecule has 0 aliphatic carbocycles. The van der Waals surface area contributed by atoms with Crippen molar-refractivity contribution in [2.24, 2.45) is 0 Å². The van der Waals surface area contributed by atoms with Crippen molar-refractivity contribution in [3.8, 4) is 22.6 Å². The minimum absolute atomic E-state index is 0. The first kappa shape index (κ1) is 19.6. The van der Waals surface area contributed by atoms with Gasteiger partial charge in [-0.1, -0.05) is 0 Å². The normalized spacial score (nSPS) is 9.61. The van der Waals surface area contributed by atoms with Gasteiger partial charge in [0.15, 0.2) is 0 Å². The first-order chi connectivity index (χ1) is 10.7. The van der Waals surface area contributed by atoms with Gasteiger partial charge in [0.05, 0.1) is 0 Å². The average molecular weight is 369 g/mol. The molecule has 0 saturated carbocycles. The molecule has 6 heteroatoms. The molecule has 0 fully saturated rings. The zero-order valence-electron chi connectivity index (χ0n) is 13.1. The summed E-state index contributed by atoms with van der Waals surface area (Å²) in [6.07, 6.45) is -0.340. The van der Waals surface area contributed by atoms with Crippen LogP contribution >= 0.6 is 12.4 Å². The molecule has 2 rings (SSSR count). The molecule has 0 heterocycles. The van der Waals surface area contributed by atoms with Crippen molar-refractivity contribution < 1.29 is 33.7 Å². The Morgan fingerprint density at radius 3 is 1.96 bits per heavy atom. The number of amides is 1. The number of benzene rings is 2. The monoisotopic (exact) mass is 368 g/mol. The standard InChI is InChI=1S/C17H19NO3.ClH.Ti/c1-3-18(4-2)17(20)21-16-12-8-6-10-14(16)13-9-5-7-11-15(13)19;;/h5-12,19H,3-4H2,1-2H3;1H;/q;;+1/p-1. The van der Waals surface area contributed by atoms with Crippen LogP contribution in [0, 0.1) is 0 Å². The van der Waals surface area contributed by atoms with E-state index in [1.165, 1.54) is 0 Å². The Balaban J connectivity index is 0.00000264. The summed E-state index contributed by atoms with van der Waals surface area (Å²) in [5, 5.41) is 0. The predicted molar refractivity (Wildman–Crippen MR) is 88.7 cm³/mol. The van der Waals surface area contributed by atoms with Gasteiger partial charge in [0.25, 0.3) is 0 Å². The van der Waals surface area contributed by atoms with E-state index in [9.17, 15) is 4.79 Å². The summed E-state index contributed by atoms with van der Waals surface area (Å²) >= 11 is 1.63. The van der Waals surface area contributed by atoms with Gasteiger partial charge in [0.2, 0.25) is 0 Å². The van der Waals surface area contributed by atoms with Gasteiger partial charge in [0, 0.05) is 0 Å². The summed E-state index contributed by atoms with van der Waals surface area (Å²) in [7, 11) is 0. The van der Waals surface area contributed by atoms with Crippen LogP contribution in [0.15, 0.2) is 48.5 Å². The van der Waals surface area contributed by atoms with E-state index in [2.05, 4.69) is 0 Å². The number of rotatable bonds is 5. The van der Waals surface area contributed by atoms with E-state index in [4.69, 9.17) is 8.06 Å². The largest absolute Gasteiger partial charge is 0.147 e. The van der Waals surface area contributed by atoms with Crippen LogP contribution in [0.3, 0.4) is 0 Å². The van der Waals surface area contributed by atoms with Crippen LogP contribution in [0.4, 0.5) is 4.79 Å². The van der Waals surface area contributed by atoms with Gasteiger partial charge in [-0.3, -0.25) is 0 Å². The summed E-state index contributed by atoms with van der Waals surface area (Å²) in [4.78, 5) is 13.8. The van der Waals surface area contributed by atoms with E-state index >= 15 is 0 Å². The van der Waals surface area contributed by atoms with Crippen molar-refractivity contribution >= 4 is 18.5 Å². The van der Waals surface area contributed by atoms with Crippen LogP contribution in [0.1, 0.15) is 13.8 Å². The van der Waals surface area contributed by atoms with Crippen molar-refractivity contribution in [3.05, 3.63) is 48.5 Å². The molecule has 4 nitrogen and oxygen atoms in total. The minimum atomic E-state index is -0.340. The Hall–Kier alpha value is -1.49. The maximum Gasteiger partial charge on any atom is -0.147 e. The number of ether oxygens (including phenoxy) is 1. The van der Waals surface area contributed by atoms with Gasteiger partial charge >= 0.3 is 143 Å². The smallest absolute Gasteiger partial charge is 0.147 e. The zero-order chi connectivity index (χ0) is 15.9. The molecular weight excluding hydrogens is 350 g/mol. The van der Waals surface area contributed by atoms with E-state index in [0.717, 1.165) is 16.9 Å². The fourth-order valence-electron chi connectivity index (χ4n) is 2.20. The van der Waals surface area contributed by atoms with Crippen molar-refractivity contribution in [3.63, 3.8) is 0 Å². The maximum absolute atomic E-state index is 12.2. The number of nitrogens with zero attached hydrogens (tertiary/aromatic N) is 1. The van der Waals surface area contributed by atoms with Crippen molar-refractivity contribution in [1.82, 2.24) is 4.90 Å². The Morgan fingerprint density at radius 1 is 0.957 bits per heavy atom. The summed E-state index contributed by atoms with van der Waals surface area (Å²) in [5.41, 5.74) is 1.73. The molecule has 0 N–H and O–H groups in total. The molecule has 0 aliphatic heterocycles. The third kappa shape index (κ3) is 4.74.